The normalized spacial score (nSPS) is 11.3. The predicted octanol–water partition coefficient (Wildman–Crippen LogP) is 3.81. The van der Waals surface area contributed by atoms with Gasteiger partial charge in [0, 0.05) is 28.2 Å². The minimum Gasteiger partial charge on any atom is -0.493 e. The molecule has 2 heterocycles. The van der Waals surface area contributed by atoms with Crippen LogP contribution < -0.4 is 14.2 Å². The number of para-hydroxylation sites is 1. The Morgan fingerprint density at radius 3 is 2.54 bits per heavy atom. The molecule has 0 atom stereocenters. The van der Waals surface area contributed by atoms with Gasteiger partial charge in [0.2, 0.25) is 11.5 Å². The van der Waals surface area contributed by atoms with E-state index in [0.29, 0.717) is 40.4 Å². The maximum Gasteiger partial charge on any atom is 0.211 e. The molecule has 0 amide bonds. The molecule has 0 bridgehead atoms. The monoisotopic (exact) mass is 378 g/mol. The Bertz CT molecular complexity index is 1190. The lowest BCUT2D eigenvalue weighted by atomic mass is 10.1. The Morgan fingerprint density at radius 1 is 1.11 bits per heavy atom. The summed E-state index contributed by atoms with van der Waals surface area (Å²) in [5.41, 5.74) is 2.38. The molecular weight excluding hydrogens is 358 g/mol. The highest BCUT2D eigenvalue weighted by Crippen LogP contribution is 2.38. The van der Waals surface area contributed by atoms with Crippen molar-refractivity contribution in [3.05, 3.63) is 60.0 Å². The molecule has 0 unspecified atom stereocenters. The van der Waals surface area contributed by atoms with Crippen LogP contribution >= 0.6 is 0 Å². The van der Waals surface area contributed by atoms with Gasteiger partial charge in [0.25, 0.3) is 0 Å². The maximum atomic E-state index is 13.0. The summed E-state index contributed by atoms with van der Waals surface area (Å²) >= 11 is 0. The van der Waals surface area contributed by atoms with Crippen molar-refractivity contribution in [2.75, 3.05) is 21.3 Å². The highest BCUT2D eigenvalue weighted by atomic mass is 16.5. The van der Waals surface area contributed by atoms with Crippen LogP contribution in [0.3, 0.4) is 0 Å². The number of nitrogens with one attached hydrogen (secondary N) is 2. The van der Waals surface area contributed by atoms with Crippen LogP contribution in [0.25, 0.3) is 22.3 Å². The third-order valence-electron chi connectivity index (χ3n) is 4.53. The van der Waals surface area contributed by atoms with Gasteiger partial charge in [0.15, 0.2) is 11.5 Å². The molecule has 0 fully saturated rings. The summed E-state index contributed by atoms with van der Waals surface area (Å²) in [5, 5.41) is 0.860. The van der Waals surface area contributed by atoms with Crippen LogP contribution in [0.4, 0.5) is 0 Å². The molecule has 0 saturated heterocycles. The Balaban J connectivity index is 1.73. The Morgan fingerprint density at radius 2 is 1.86 bits per heavy atom. The first-order valence-electron chi connectivity index (χ1n) is 9.03. The first-order chi connectivity index (χ1) is 14.0. The molecule has 0 aliphatic rings. The van der Waals surface area contributed by atoms with Crippen molar-refractivity contribution in [1.82, 2.24) is 15.0 Å². The Kier molecular flexibility index (Phi) is 4.17. The van der Waals surface area contributed by atoms with Gasteiger partial charge >= 0.3 is 0 Å². The number of hydrogen-bond acceptors (Lipinski definition) is 5. The van der Waals surface area contributed by atoms with E-state index in [9.17, 15) is 4.79 Å². The zero-order chi connectivity index (χ0) is 20.5. The second-order valence-electron chi connectivity index (χ2n) is 6.06. The second kappa shape index (κ2) is 7.11. The molecule has 2 N–H and O–H groups in total. The standard InChI is InChI=1S/C21H19N3O4/c1-26-17-8-12(9-18(27-2)20(17)28-3)19(25)16-11-23-21(24-16)14-10-22-15-7-5-4-6-13(14)15/h4-11,22H,1-3H3,(H,23,24)/i4D. The SMILES string of the molecule is [2H]c1ccc2[nH]cc(-c3ncc(C(=O)c4cc(OC)c(OC)c(OC)c4)[nH]3)c2c1. The molecule has 142 valence electrons. The van der Waals surface area contributed by atoms with Gasteiger partial charge in [-0.25, -0.2) is 4.98 Å². The maximum absolute atomic E-state index is 13.0. The van der Waals surface area contributed by atoms with Crippen molar-refractivity contribution in [2.24, 2.45) is 0 Å². The zero-order valence-corrected chi connectivity index (χ0v) is 15.6. The highest BCUT2D eigenvalue weighted by molar-refractivity contribution is 6.09. The molecule has 2 aromatic heterocycles. The van der Waals surface area contributed by atoms with Crippen molar-refractivity contribution < 1.29 is 20.4 Å². The van der Waals surface area contributed by atoms with Crippen LogP contribution in [0.5, 0.6) is 17.2 Å². The van der Waals surface area contributed by atoms with E-state index >= 15 is 0 Å². The zero-order valence-electron chi connectivity index (χ0n) is 16.6. The molecule has 2 aromatic carbocycles. The molecule has 0 aliphatic heterocycles. The molecule has 0 radical (unpaired) electrons. The first-order valence-corrected chi connectivity index (χ1v) is 8.53. The molecule has 0 spiro atoms. The minimum absolute atomic E-state index is 0.260. The van der Waals surface area contributed by atoms with Gasteiger partial charge in [0.1, 0.15) is 11.5 Å². The van der Waals surface area contributed by atoms with Gasteiger partial charge in [-0.1, -0.05) is 18.2 Å². The van der Waals surface area contributed by atoms with Crippen LogP contribution in [-0.2, 0) is 0 Å². The quantitative estimate of drug-likeness (QED) is 0.498. The number of carbonyl (C=O) groups excluding carboxylic acids is 1. The van der Waals surface area contributed by atoms with Crippen molar-refractivity contribution in [3.63, 3.8) is 0 Å². The van der Waals surface area contributed by atoms with E-state index in [0.717, 1.165) is 16.5 Å². The van der Waals surface area contributed by atoms with Crippen molar-refractivity contribution in [3.8, 4) is 28.6 Å². The lowest BCUT2D eigenvalue weighted by Gasteiger charge is -2.13. The third-order valence-corrected chi connectivity index (χ3v) is 4.53. The van der Waals surface area contributed by atoms with Gasteiger partial charge in [-0.05, 0) is 18.2 Å². The number of carbonyl (C=O) groups is 1. The summed E-state index contributed by atoms with van der Waals surface area (Å²) < 4.78 is 23.8. The summed E-state index contributed by atoms with van der Waals surface area (Å²) in [6.45, 7) is 0. The van der Waals surface area contributed by atoms with E-state index in [1.807, 2.05) is 6.07 Å². The average molecular weight is 378 g/mol. The number of hydrogen-bond donors (Lipinski definition) is 2. The third kappa shape index (κ3) is 2.87. The van der Waals surface area contributed by atoms with Crippen molar-refractivity contribution in [1.29, 1.82) is 0 Å². The van der Waals surface area contributed by atoms with Crippen LogP contribution in [-0.4, -0.2) is 42.1 Å². The van der Waals surface area contributed by atoms with Crippen LogP contribution in [0.15, 0.2) is 48.8 Å². The summed E-state index contributed by atoms with van der Waals surface area (Å²) in [4.78, 5) is 23.6. The molecule has 4 aromatic rings. The number of nitrogens with zero attached hydrogens (tertiary/aromatic N) is 1. The second-order valence-corrected chi connectivity index (χ2v) is 6.06. The minimum atomic E-state index is -0.260. The molecular formula is C21H19N3O4. The number of rotatable bonds is 6. The van der Waals surface area contributed by atoms with E-state index in [1.165, 1.54) is 27.5 Å². The van der Waals surface area contributed by atoms with Crippen LogP contribution in [0, 0.1) is 0 Å². The van der Waals surface area contributed by atoms with Crippen molar-refractivity contribution >= 4 is 16.7 Å². The summed E-state index contributed by atoms with van der Waals surface area (Å²) in [7, 11) is 4.50. The molecule has 0 saturated carbocycles. The lowest BCUT2D eigenvalue weighted by molar-refractivity contribution is 0.103. The fraction of sp³-hybridized carbons (Fsp3) is 0.143. The summed E-state index contributed by atoms with van der Waals surface area (Å²) in [6, 6.07) is 8.91. The fourth-order valence-electron chi connectivity index (χ4n) is 3.14. The highest BCUT2D eigenvalue weighted by Gasteiger charge is 2.20. The van der Waals surface area contributed by atoms with Crippen LogP contribution in [0.2, 0.25) is 0 Å². The largest absolute Gasteiger partial charge is 0.493 e. The number of H-pyrrole nitrogens is 2. The number of ether oxygens (including phenoxy) is 3. The molecule has 28 heavy (non-hydrogen) atoms. The molecule has 0 aliphatic carbocycles. The Hall–Kier alpha value is -3.74. The number of methoxy groups -OCH3 is 3. The van der Waals surface area contributed by atoms with Gasteiger partial charge in [0.05, 0.1) is 28.9 Å². The van der Waals surface area contributed by atoms with E-state index in [4.69, 9.17) is 15.6 Å². The molecule has 7 heteroatoms. The average Bonchev–Trinajstić information content (AvgIpc) is 3.38. The van der Waals surface area contributed by atoms with E-state index in [-0.39, 0.29) is 5.78 Å². The molecule has 7 nitrogen and oxygen atoms in total. The van der Waals surface area contributed by atoms with E-state index < -0.39 is 0 Å². The topological polar surface area (TPSA) is 89.2 Å². The number of aromatic nitrogens is 3. The summed E-state index contributed by atoms with van der Waals surface area (Å²) in [5.74, 6) is 1.49. The fourth-order valence-corrected chi connectivity index (χ4v) is 3.14. The number of imidazole rings is 1. The van der Waals surface area contributed by atoms with E-state index in [2.05, 4.69) is 15.0 Å². The van der Waals surface area contributed by atoms with E-state index in [1.54, 1.807) is 30.5 Å². The smallest absolute Gasteiger partial charge is 0.211 e. The van der Waals surface area contributed by atoms with Gasteiger partial charge < -0.3 is 24.2 Å². The lowest BCUT2D eigenvalue weighted by Crippen LogP contribution is -2.04. The van der Waals surface area contributed by atoms with Gasteiger partial charge in [-0.3, -0.25) is 4.79 Å². The first kappa shape index (κ1) is 16.4. The van der Waals surface area contributed by atoms with Gasteiger partial charge in [-0.15, -0.1) is 0 Å². The van der Waals surface area contributed by atoms with Gasteiger partial charge in [-0.2, -0.15) is 0 Å². The number of ketones is 1. The number of benzene rings is 2. The summed E-state index contributed by atoms with van der Waals surface area (Å²) in [6.07, 6.45) is 3.29. The van der Waals surface area contributed by atoms with Crippen molar-refractivity contribution in [2.45, 2.75) is 0 Å². The van der Waals surface area contributed by atoms with Crippen LogP contribution in [0.1, 0.15) is 17.4 Å². The Labute approximate surface area is 162 Å². The molecule has 4 rings (SSSR count). The predicted molar refractivity (Wildman–Crippen MR) is 105 cm³/mol. The number of fused-ring (bicyclic) bond motifs is 1. The number of aromatic amines is 2.